The minimum atomic E-state index is -3.83. The van der Waals surface area contributed by atoms with Crippen LogP contribution in [0.3, 0.4) is 0 Å². The predicted octanol–water partition coefficient (Wildman–Crippen LogP) is 2.92. The lowest BCUT2D eigenvalue weighted by Gasteiger charge is -2.36. The van der Waals surface area contributed by atoms with Crippen LogP contribution in [0.15, 0.2) is 65.8 Å². The van der Waals surface area contributed by atoms with E-state index in [9.17, 15) is 8.42 Å². The van der Waals surface area contributed by atoms with Crippen molar-refractivity contribution in [1.82, 2.24) is 9.97 Å². The molecule has 162 valence electrons. The van der Waals surface area contributed by atoms with E-state index < -0.39 is 10.0 Å². The number of aryl methyl sites for hydroxylation is 1. The Balaban J connectivity index is 1.43. The minimum absolute atomic E-state index is 0.0797. The molecule has 0 amide bonds. The zero-order chi connectivity index (χ0) is 21.8. The van der Waals surface area contributed by atoms with Gasteiger partial charge in [-0.1, -0.05) is 24.3 Å². The van der Waals surface area contributed by atoms with E-state index in [1.54, 1.807) is 18.2 Å². The van der Waals surface area contributed by atoms with Crippen LogP contribution >= 0.6 is 0 Å². The molecule has 1 N–H and O–H groups in total. The van der Waals surface area contributed by atoms with Gasteiger partial charge >= 0.3 is 0 Å². The maximum Gasteiger partial charge on any atom is 0.265 e. The van der Waals surface area contributed by atoms with Crippen molar-refractivity contribution < 1.29 is 13.2 Å². The Morgan fingerprint density at radius 1 is 0.935 bits per heavy atom. The monoisotopic (exact) mass is 439 g/mol. The molecule has 1 saturated heterocycles. The highest BCUT2D eigenvalue weighted by molar-refractivity contribution is 7.92. The van der Waals surface area contributed by atoms with Crippen molar-refractivity contribution in [3.8, 4) is 5.75 Å². The molecular weight excluding hydrogens is 414 g/mol. The first-order valence-corrected chi connectivity index (χ1v) is 11.5. The lowest BCUT2D eigenvalue weighted by atomic mass is 10.2. The Bertz CT molecular complexity index is 1130. The molecule has 31 heavy (non-hydrogen) atoms. The van der Waals surface area contributed by atoms with Gasteiger partial charge in [0.2, 0.25) is 5.95 Å². The Hall–Kier alpha value is -3.33. The summed E-state index contributed by atoms with van der Waals surface area (Å²) in [7, 11) is -2.39. The van der Waals surface area contributed by atoms with Gasteiger partial charge in [-0.3, -0.25) is 4.72 Å². The summed E-state index contributed by atoms with van der Waals surface area (Å²) in [5, 5.41) is 0. The standard InChI is InChI=1S/C22H25N5O3S/c1-17-8-9-20(30-2)21(14-17)31(28,29)25-18-15-23-22(24-16-18)27-12-10-26(11-13-27)19-6-4-3-5-7-19/h3-9,14-16,25H,10-13H2,1-2H3. The third kappa shape index (κ3) is 4.72. The second-order valence-electron chi connectivity index (χ2n) is 7.34. The van der Waals surface area contributed by atoms with E-state index in [4.69, 9.17) is 4.74 Å². The zero-order valence-electron chi connectivity index (χ0n) is 17.5. The smallest absolute Gasteiger partial charge is 0.265 e. The van der Waals surface area contributed by atoms with Crippen molar-refractivity contribution in [3.63, 3.8) is 0 Å². The average molecular weight is 440 g/mol. The van der Waals surface area contributed by atoms with Crippen LogP contribution in [0.1, 0.15) is 5.56 Å². The molecule has 0 aliphatic carbocycles. The summed E-state index contributed by atoms with van der Waals surface area (Å²) < 4.78 is 33.4. The minimum Gasteiger partial charge on any atom is -0.495 e. The number of piperazine rings is 1. The van der Waals surface area contributed by atoms with E-state index in [1.165, 1.54) is 25.2 Å². The van der Waals surface area contributed by atoms with Crippen LogP contribution in [-0.2, 0) is 10.0 Å². The van der Waals surface area contributed by atoms with Crippen LogP contribution in [0.5, 0.6) is 5.75 Å². The summed E-state index contributed by atoms with van der Waals surface area (Å²) in [6, 6.07) is 15.3. The SMILES string of the molecule is COc1ccc(C)cc1S(=O)(=O)Nc1cnc(N2CCN(c3ccccc3)CC2)nc1. The van der Waals surface area contributed by atoms with E-state index in [1.807, 2.05) is 25.1 Å². The molecule has 0 spiro atoms. The van der Waals surface area contributed by atoms with Gasteiger partial charge in [0, 0.05) is 31.9 Å². The fourth-order valence-corrected chi connectivity index (χ4v) is 4.83. The first kappa shape index (κ1) is 20.9. The van der Waals surface area contributed by atoms with E-state index in [-0.39, 0.29) is 10.6 Å². The summed E-state index contributed by atoms with van der Waals surface area (Å²) in [5.41, 5.74) is 2.33. The van der Waals surface area contributed by atoms with Crippen molar-refractivity contribution in [2.24, 2.45) is 0 Å². The molecular formula is C22H25N5O3S. The van der Waals surface area contributed by atoms with E-state index in [0.29, 0.717) is 11.6 Å². The summed E-state index contributed by atoms with van der Waals surface area (Å²) >= 11 is 0. The molecule has 1 fully saturated rings. The number of para-hydroxylation sites is 1. The predicted molar refractivity (Wildman–Crippen MR) is 121 cm³/mol. The molecule has 2 heterocycles. The maximum atomic E-state index is 12.8. The number of nitrogens with one attached hydrogen (secondary N) is 1. The molecule has 0 bridgehead atoms. The maximum absolute atomic E-state index is 12.8. The number of hydrogen-bond acceptors (Lipinski definition) is 7. The molecule has 9 heteroatoms. The molecule has 4 rings (SSSR count). The number of benzene rings is 2. The van der Waals surface area contributed by atoms with Gasteiger partial charge in [0.25, 0.3) is 10.0 Å². The lowest BCUT2D eigenvalue weighted by Crippen LogP contribution is -2.47. The van der Waals surface area contributed by atoms with Crippen molar-refractivity contribution in [2.45, 2.75) is 11.8 Å². The Kier molecular flexibility index (Phi) is 5.94. The molecule has 8 nitrogen and oxygen atoms in total. The summed E-state index contributed by atoms with van der Waals surface area (Å²) in [5.74, 6) is 0.871. The number of nitrogens with zero attached hydrogens (tertiary/aromatic N) is 4. The van der Waals surface area contributed by atoms with Crippen LogP contribution in [-0.4, -0.2) is 51.7 Å². The first-order chi connectivity index (χ1) is 15.0. The zero-order valence-corrected chi connectivity index (χ0v) is 18.3. The van der Waals surface area contributed by atoms with E-state index in [2.05, 4.69) is 36.6 Å². The number of sulfonamides is 1. The Labute approximate surface area is 182 Å². The molecule has 2 aromatic carbocycles. The first-order valence-electron chi connectivity index (χ1n) is 10.0. The summed E-state index contributed by atoms with van der Waals surface area (Å²) in [6.45, 7) is 5.15. The van der Waals surface area contributed by atoms with Crippen LogP contribution < -0.4 is 19.3 Å². The topological polar surface area (TPSA) is 87.7 Å². The van der Waals surface area contributed by atoms with Crippen LogP contribution in [0, 0.1) is 6.92 Å². The van der Waals surface area contributed by atoms with Gasteiger partial charge in [-0.25, -0.2) is 18.4 Å². The molecule has 0 saturated carbocycles. The number of ether oxygens (including phenoxy) is 1. The largest absolute Gasteiger partial charge is 0.495 e. The number of rotatable bonds is 6. The molecule has 1 aliphatic heterocycles. The average Bonchev–Trinajstić information content (AvgIpc) is 2.80. The fraction of sp³-hybridized carbons (Fsp3) is 0.273. The van der Waals surface area contributed by atoms with Crippen LogP contribution in [0.25, 0.3) is 0 Å². The van der Waals surface area contributed by atoms with Gasteiger partial charge in [0.05, 0.1) is 25.2 Å². The highest BCUT2D eigenvalue weighted by Gasteiger charge is 2.22. The Morgan fingerprint density at radius 3 is 2.23 bits per heavy atom. The second-order valence-corrected chi connectivity index (χ2v) is 8.99. The highest BCUT2D eigenvalue weighted by atomic mass is 32.2. The van der Waals surface area contributed by atoms with Crippen molar-refractivity contribution >= 4 is 27.3 Å². The third-order valence-corrected chi connectivity index (χ3v) is 6.59. The number of hydrogen-bond donors (Lipinski definition) is 1. The fourth-order valence-electron chi connectivity index (χ4n) is 3.54. The van der Waals surface area contributed by atoms with Crippen LogP contribution in [0.2, 0.25) is 0 Å². The number of methoxy groups -OCH3 is 1. The van der Waals surface area contributed by atoms with E-state index in [0.717, 1.165) is 31.7 Å². The van der Waals surface area contributed by atoms with Crippen molar-refractivity contribution in [2.75, 3.05) is 47.8 Å². The second kappa shape index (κ2) is 8.81. The third-order valence-electron chi connectivity index (χ3n) is 5.18. The molecule has 0 unspecified atom stereocenters. The quantitative estimate of drug-likeness (QED) is 0.632. The summed E-state index contributed by atoms with van der Waals surface area (Å²) in [4.78, 5) is 13.3. The van der Waals surface area contributed by atoms with Gasteiger partial charge < -0.3 is 14.5 Å². The van der Waals surface area contributed by atoms with Gasteiger partial charge in [-0.05, 0) is 36.8 Å². The van der Waals surface area contributed by atoms with Gasteiger partial charge in [-0.2, -0.15) is 0 Å². The number of aromatic nitrogens is 2. The van der Waals surface area contributed by atoms with Crippen LogP contribution in [0.4, 0.5) is 17.3 Å². The lowest BCUT2D eigenvalue weighted by molar-refractivity contribution is 0.402. The molecule has 1 aliphatic rings. The van der Waals surface area contributed by atoms with Gasteiger partial charge in [-0.15, -0.1) is 0 Å². The highest BCUT2D eigenvalue weighted by Crippen LogP contribution is 2.27. The van der Waals surface area contributed by atoms with Crippen molar-refractivity contribution in [1.29, 1.82) is 0 Å². The molecule has 1 aromatic heterocycles. The molecule has 0 atom stereocenters. The van der Waals surface area contributed by atoms with E-state index >= 15 is 0 Å². The number of anilines is 3. The normalized spacial score (nSPS) is 14.4. The van der Waals surface area contributed by atoms with Gasteiger partial charge in [0.1, 0.15) is 10.6 Å². The Morgan fingerprint density at radius 2 is 1.58 bits per heavy atom. The molecule has 3 aromatic rings. The molecule has 0 radical (unpaired) electrons. The van der Waals surface area contributed by atoms with Crippen molar-refractivity contribution in [3.05, 3.63) is 66.5 Å². The van der Waals surface area contributed by atoms with Gasteiger partial charge in [0.15, 0.2) is 0 Å². The summed E-state index contributed by atoms with van der Waals surface area (Å²) in [6.07, 6.45) is 2.98.